The first-order valence-electron chi connectivity index (χ1n) is 5.50. The van der Waals surface area contributed by atoms with Crippen LogP contribution >= 0.6 is 12.4 Å². The number of carbonyl (C=O) groups excluding carboxylic acids is 1. The first kappa shape index (κ1) is 13.8. The third-order valence-corrected chi connectivity index (χ3v) is 3.02. The summed E-state index contributed by atoms with van der Waals surface area (Å²) in [5, 5.41) is 0. The predicted molar refractivity (Wildman–Crippen MR) is 71.9 cm³/mol. The number of piperazine rings is 1. The number of nitrogens with zero attached hydrogens (tertiary/aromatic N) is 2. The molecule has 0 aromatic heterocycles. The van der Waals surface area contributed by atoms with Gasteiger partial charge >= 0.3 is 0 Å². The van der Waals surface area contributed by atoms with Crippen molar-refractivity contribution < 1.29 is 4.79 Å². The SMILES string of the molecule is CN1CCN(c2ccc(C(N)=O)cc2)CC1.Cl. The molecule has 1 fully saturated rings. The normalized spacial score (nSPS) is 16.4. The highest BCUT2D eigenvalue weighted by Crippen LogP contribution is 2.16. The molecule has 0 saturated carbocycles. The number of hydrogen-bond donors (Lipinski definition) is 1. The van der Waals surface area contributed by atoms with Gasteiger partial charge in [0.05, 0.1) is 0 Å². The first-order chi connectivity index (χ1) is 7.66. The summed E-state index contributed by atoms with van der Waals surface area (Å²) in [6.45, 7) is 4.23. The summed E-state index contributed by atoms with van der Waals surface area (Å²) < 4.78 is 0. The van der Waals surface area contributed by atoms with E-state index in [2.05, 4.69) is 16.8 Å². The van der Waals surface area contributed by atoms with Crippen LogP contribution in [0.5, 0.6) is 0 Å². The zero-order valence-corrected chi connectivity index (χ0v) is 10.7. The molecule has 1 aliphatic heterocycles. The standard InChI is InChI=1S/C12H17N3O.ClH/c1-14-6-8-15(9-7-14)11-4-2-10(3-5-11)12(13)16;/h2-5H,6-9H2,1H3,(H2,13,16);1H. The van der Waals surface area contributed by atoms with Crippen LogP contribution in [0.3, 0.4) is 0 Å². The van der Waals surface area contributed by atoms with Gasteiger partial charge in [0.25, 0.3) is 0 Å². The van der Waals surface area contributed by atoms with Crippen molar-refractivity contribution in [2.45, 2.75) is 0 Å². The molecule has 2 N–H and O–H groups in total. The molecule has 0 unspecified atom stereocenters. The molecule has 1 aliphatic rings. The minimum atomic E-state index is -0.370. The van der Waals surface area contributed by atoms with Crippen LogP contribution in [0.4, 0.5) is 5.69 Å². The predicted octanol–water partition coefficient (Wildman–Crippen LogP) is 0.959. The summed E-state index contributed by atoms with van der Waals surface area (Å²) in [6.07, 6.45) is 0. The second-order valence-electron chi connectivity index (χ2n) is 4.20. The van der Waals surface area contributed by atoms with Crippen molar-refractivity contribution in [3.8, 4) is 0 Å². The van der Waals surface area contributed by atoms with E-state index < -0.39 is 0 Å². The van der Waals surface area contributed by atoms with E-state index in [0.717, 1.165) is 31.9 Å². The van der Waals surface area contributed by atoms with Crippen LogP contribution in [0.15, 0.2) is 24.3 Å². The van der Waals surface area contributed by atoms with Crippen LogP contribution in [0, 0.1) is 0 Å². The highest BCUT2D eigenvalue weighted by molar-refractivity contribution is 5.93. The smallest absolute Gasteiger partial charge is 0.248 e. The number of carbonyl (C=O) groups is 1. The Labute approximate surface area is 108 Å². The summed E-state index contributed by atoms with van der Waals surface area (Å²) in [6, 6.07) is 7.50. The molecule has 1 saturated heterocycles. The highest BCUT2D eigenvalue weighted by Gasteiger charge is 2.14. The van der Waals surface area contributed by atoms with Gasteiger partial charge in [-0.25, -0.2) is 0 Å². The maximum Gasteiger partial charge on any atom is 0.248 e. The Kier molecular flexibility index (Phi) is 4.78. The van der Waals surface area contributed by atoms with E-state index >= 15 is 0 Å². The minimum Gasteiger partial charge on any atom is -0.369 e. The number of nitrogens with two attached hydrogens (primary N) is 1. The fourth-order valence-corrected chi connectivity index (χ4v) is 1.90. The molecule has 1 aromatic carbocycles. The van der Waals surface area contributed by atoms with Crippen molar-refractivity contribution >= 4 is 24.0 Å². The van der Waals surface area contributed by atoms with E-state index in [1.807, 2.05) is 12.1 Å². The molecule has 0 aliphatic carbocycles. The quantitative estimate of drug-likeness (QED) is 0.857. The van der Waals surface area contributed by atoms with E-state index in [4.69, 9.17) is 5.73 Å². The topological polar surface area (TPSA) is 49.6 Å². The van der Waals surface area contributed by atoms with Crippen LogP contribution in [-0.2, 0) is 0 Å². The average molecular weight is 256 g/mol. The molecule has 17 heavy (non-hydrogen) atoms. The van der Waals surface area contributed by atoms with Gasteiger partial charge in [0.2, 0.25) is 5.91 Å². The Morgan fingerprint density at radius 2 is 1.65 bits per heavy atom. The van der Waals surface area contributed by atoms with E-state index in [-0.39, 0.29) is 18.3 Å². The maximum absolute atomic E-state index is 10.9. The van der Waals surface area contributed by atoms with E-state index in [1.54, 1.807) is 12.1 Å². The van der Waals surface area contributed by atoms with E-state index in [1.165, 1.54) is 0 Å². The van der Waals surface area contributed by atoms with Gasteiger partial charge in [0, 0.05) is 37.4 Å². The van der Waals surface area contributed by atoms with Gasteiger partial charge in [-0.15, -0.1) is 12.4 Å². The number of benzene rings is 1. The summed E-state index contributed by atoms with van der Waals surface area (Å²) in [4.78, 5) is 15.6. The molecule has 0 bridgehead atoms. The van der Waals surface area contributed by atoms with Crippen molar-refractivity contribution in [2.75, 3.05) is 38.1 Å². The molecule has 1 heterocycles. The molecule has 2 rings (SSSR count). The van der Waals surface area contributed by atoms with Crippen LogP contribution in [0.1, 0.15) is 10.4 Å². The third kappa shape index (κ3) is 3.35. The molecule has 94 valence electrons. The number of likely N-dealkylation sites (N-methyl/N-ethyl adjacent to an activating group) is 1. The van der Waals surface area contributed by atoms with Crippen molar-refractivity contribution in [1.29, 1.82) is 0 Å². The Bertz CT molecular complexity index is 372. The number of anilines is 1. The summed E-state index contributed by atoms with van der Waals surface area (Å²) in [7, 11) is 2.13. The lowest BCUT2D eigenvalue weighted by molar-refractivity contribution is 0.100. The van der Waals surface area contributed by atoms with Gasteiger partial charge in [0.15, 0.2) is 0 Å². The van der Waals surface area contributed by atoms with Gasteiger partial charge < -0.3 is 15.5 Å². The fourth-order valence-electron chi connectivity index (χ4n) is 1.90. The Morgan fingerprint density at radius 1 is 1.12 bits per heavy atom. The average Bonchev–Trinajstić information content (AvgIpc) is 2.30. The minimum absolute atomic E-state index is 0. The lowest BCUT2D eigenvalue weighted by atomic mass is 10.1. The largest absolute Gasteiger partial charge is 0.369 e. The van der Waals surface area contributed by atoms with E-state index in [9.17, 15) is 4.79 Å². The lowest BCUT2D eigenvalue weighted by Gasteiger charge is -2.34. The molecular formula is C12H18ClN3O. The number of primary amides is 1. The van der Waals surface area contributed by atoms with Crippen molar-refractivity contribution in [3.63, 3.8) is 0 Å². The molecule has 1 amide bonds. The molecule has 4 nitrogen and oxygen atoms in total. The van der Waals surface area contributed by atoms with Crippen LogP contribution in [-0.4, -0.2) is 44.0 Å². The number of halogens is 1. The van der Waals surface area contributed by atoms with Crippen molar-refractivity contribution in [1.82, 2.24) is 4.90 Å². The molecular weight excluding hydrogens is 238 g/mol. The van der Waals surface area contributed by atoms with E-state index in [0.29, 0.717) is 5.56 Å². The van der Waals surface area contributed by atoms with Crippen LogP contribution in [0.25, 0.3) is 0 Å². The second-order valence-corrected chi connectivity index (χ2v) is 4.20. The van der Waals surface area contributed by atoms with Gasteiger partial charge in [-0.2, -0.15) is 0 Å². The maximum atomic E-state index is 10.9. The second kappa shape index (κ2) is 5.89. The Balaban J connectivity index is 0.00000144. The summed E-state index contributed by atoms with van der Waals surface area (Å²) in [5.41, 5.74) is 6.93. The summed E-state index contributed by atoms with van der Waals surface area (Å²) >= 11 is 0. The highest BCUT2D eigenvalue weighted by atomic mass is 35.5. The molecule has 5 heteroatoms. The van der Waals surface area contributed by atoms with Gasteiger partial charge in [-0.1, -0.05) is 0 Å². The van der Waals surface area contributed by atoms with Gasteiger partial charge in [-0.3, -0.25) is 4.79 Å². The number of hydrogen-bond acceptors (Lipinski definition) is 3. The zero-order chi connectivity index (χ0) is 11.5. The number of rotatable bonds is 2. The molecule has 0 atom stereocenters. The first-order valence-corrected chi connectivity index (χ1v) is 5.50. The van der Waals surface area contributed by atoms with Crippen molar-refractivity contribution in [3.05, 3.63) is 29.8 Å². The lowest BCUT2D eigenvalue weighted by Crippen LogP contribution is -2.44. The van der Waals surface area contributed by atoms with Gasteiger partial charge in [0.1, 0.15) is 0 Å². The van der Waals surface area contributed by atoms with Crippen LogP contribution < -0.4 is 10.6 Å². The van der Waals surface area contributed by atoms with Crippen LogP contribution in [0.2, 0.25) is 0 Å². The van der Waals surface area contributed by atoms with Crippen molar-refractivity contribution in [2.24, 2.45) is 5.73 Å². The third-order valence-electron chi connectivity index (χ3n) is 3.02. The number of amides is 1. The Hall–Kier alpha value is -1.26. The molecule has 0 spiro atoms. The zero-order valence-electron chi connectivity index (χ0n) is 9.93. The van der Waals surface area contributed by atoms with Gasteiger partial charge in [-0.05, 0) is 31.3 Å². The Morgan fingerprint density at radius 3 is 2.12 bits per heavy atom. The monoisotopic (exact) mass is 255 g/mol. The molecule has 0 radical (unpaired) electrons. The molecule has 1 aromatic rings. The fraction of sp³-hybridized carbons (Fsp3) is 0.417. The summed E-state index contributed by atoms with van der Waals surface area (Å²) in [5.74, 6) is -0.370.